The van der Waals surface area contributed by atoms with E-state index in [1.807, 2.05) is 43.3 Å². The van der Waals surface area contributed by atoms with Gasteiger partial charge in [0.2, 0.25) is 11.8 Å². The van der Waals surface area contributed by atoms with Crippen molar-refractivity contribution in [3.8, 4) is 0 Å². The molecule has 3 rings (SSSR count). The van der Waals surface area contributed by atoms with E-state index in [2.05, 4.69) is 5.32 Å². The number of likely N-dealkylation sites (tertiary alicyclic amines) is 1. The number of halogens is 1. The summed E-state index contributed by atoms with van der Waals surface area (Å²) in [5.74, 6) is -0.141. The normalized spacial score (nSPS) is 21.7. The summed E-state index contributed by atoms with van der Waals surface area (Å²) in [6.45, 7) is 2.67. The molecule has 6 heteroatoms. The lowest BCUT2D eigenvalue weighted by Gasteiger charge is -2.20. The van der Waals surface area contributed by atoms with E-state index in [0.29, 0.717) is 26.1 Å². The Morgan fingerprint density at radius 2 is 2.00 bits per heavy atom. The molecule has 1 saturated heterocycles. The minimum absolute atomic E-state index is 0.000872. The molecule has 0 bridgehead atoms. The van der Waals surface area contributed by atoms with E-state index < -0.39 is 0 Å². The van der Waals surface area contributed by atoms with E-state index >= 15 is 0 Å². The number of hydrogen-bond acceptors (Lipinski definition) is 3. The molecular formula is C19H26ClN3O2. The molecule has 0 spiro atoms. The van der Waals surface area contributed by atoms with Crippen LogP contribution in [0.3, 0.4) is 0 Å². The molecule has 1 aromatic rings. The van der Waals surface area contributed by atoms with Crippen LogP contribution in [-0.4, -0.2) is 61.9 Å². The van der Waals surface area contributed by atoms with Crippen molar-refractivity contribution in [1.29, 1.82) is 0 Å². The first-order chi connectivity index (χ1) is 11.9. The zero-order chi connectivity index (χ0) is 18.0. The Morgan fingerprint density at radius 3 is 2.60 bits per heavy atom. The summed E-state index contributed by atoms with van der Waals surface area (Å²) in [6, 6.07) is 7.89. The largest absolute Gasteiger partial charge is 0.355 e. The van der Waals surface area contributed by atoms with E-state index in [9.17, 15) is 9.59 Å². The second-order valence-electron chi connectivity index (χ2n) is 7.55. The average molecular weight is 364 g/mol. The molecule has 0 radical (unpaired) electrons. The topological polar surface area (TPSA) is 52.6 Å². The van der Waals surface area contributed by atoms with Gasteiger partial charge in [-0.05, 0) is 44.6 Å². The molecule has 1 aromatic carbocycles. The lowest BCUT2D eigenvalue weighted by Crippen LogP contribution is -2.38. The maximum atomic E-state index is 12.5. The Bertz CT molecular complexity index is 641. The summed E-state index contributed by atoms with van der Waals surface area (Å²) >= 11 is 5.96. The van der Waals surface area contributed by atoms with E-state index in [4.69, 9.17) is 11.6 Å². The standard InChI is InChI=1S/C19H26ClN3O2/c1-22(2)9-10-23-12-14(11-17(23)24)18(25)21-13-19(7-8-19)15-3-5-16(20)6-4-15/h3-6,14H,7-13H2,1-2H3,(H,21,25)/t14-/m0/s1. The highest BCUT2D eigenvalue weighted by molar-refractivity contribution is 6.30. The summed E-state index contributed by atoms with van der Waals surface area (Å²) in [7, 11) is 3.97. The number of carbonyl (C=O) groups is 2. The number of amides is 2. The van der Waals surface area contributed by atoms with Gasteiger partial charge in [0, 0.05) is 43.0 Å². The quantitative estimate of drug-likeness (QED) is 0.805. The number of benzene rings is 1. The van der Waals surface area contributed by atoms with E-state index in [0.717, 1.165) is 24.4 Å². The summed E-state index contributed by atoms with van der Waals surface area (Å²) < 4.78 is 0. The van der Waals surface area contributed by atoms with Gasteiger partial charge >= 0.3 is 0 Å². The van der Waals surface area contributed by atoms with Crippen molar-refractivity contribution in [3.63, 3.8) is 0 Å². The van der Waals surface area contributed by atoms with Crippen LogP contribution in [-0.2, 0) is 15.0 Å². The van der Waals surface area contributed by atoms with E-state index in [-0.39, 0.29) is 23.1 Å². The van der Waals surface area contributed by atoms with Crippen LogP contribution in [0.5, 0.6) is 0 Å². The molecule has 136 valence electrons. The second kappa shape index (κ2) is 7.34. The van der Waals surface area contributed by atoms with Crippen molar-refractivity contribution < 1.29 is 9.59 Å². The van der Waals surface area contributed by atoms with Crippen molar-refractivity contribution in [1.82, 2.24) is 15.1 Å². The van der Waals surface area contributed by atoms with Crippen LogP contribution < -0.4 is 5.32 Å². The van der Waals surface area contributed by atoms with E-state index in [1.54, 1.807) is 4.90 Å². The number of carbonyl (C=O) groups excluding carboxylic acids is 2. The molecule has 0 unspecified atom stereocenters. The van der Waals surface area contributed by atoms with Crippen molar-refractivity contribution in [2.45, 2.75) is 24.7 Å². The summed E-state index contributed by atoms with van der Waals surface area (Å²) in [5.41, 5.74) is 1.28. The number of hydrogen-bond donors (Lipinski definition) is 1. The van der Waals surface area contributed by atoms with Gasteiger partial charge in [-0.15, -0.1) is 0 Å². The molecule has 1 N–H and O–H groups in total. The van der Waals surface area contributed by atoms with Crippen molar-refractivity contribution in [3.05, 3.63) is 34.9 Å². The second-order valence-corrected chi connectivity index (χ2v) is 7.99. The zero-order valence-corrected chi connectivity index (χ0v) is 15.7. The van der Waals surface area contributed by atoms with Gasteiger partial charge in [0.05, 0.1) is 5.92 Å². The smallest absolute Gasteiger partial charge is 0.225 e. The lowest BCUT2D eigenvalue weighted by molar-refractivity contribution is -0.129. The Morgan fingerprint density at radius 1 is 1.32 bits per heavy atom. The van der Waals surface area contributed by atoms with E-state index in [1.165, 1.54) is 5.56 Å². The number of likely N-dealkylation sites (N-methyl/N-ethyl adjacent to an activating group) is 1. The summed E-state index contributed by atoms with van der Waals surface area (Å²) in [4.78, 5) is 28.4. The lowest BCUT2D eigenvalue weighted by atomic mass is 9.95. The van der Waals surface area contributed by atoms with Crippen LogP contribution in [0.2, 0.25) is 5.02 Å². The fourth-order valence-electron chi connectivity index (χ4n) is 3.41. The Balaban J connectivity index is 1.51. The molecule has 25 heavy (non-hydrogen) atoms. The first-order valence-corrected chi connectivity index (χ1v) is 9.24. The van der Waals surface area contributed by atoms with Crippen LogP contribution in [0.1, 0.15) is 24.8 Å². The van der Waals surface area contributed by atoms with Gasteiger partial charge in [-0.3, -0.25) is 9.59 Å². The minimum Gasteiger partial charge on any atom is -0.355 e. The minimum atomic E-state index is -0.226. The monoisotopic (exact) mass is 363 g/mol. The summed E-state index contributed by atoms with van der Waals surface area (Å²) in [6.07, 6.45) is 2.48. The molecule has 1 saturated carbocycles. The third kappa shape index (κ3) is 4.33. The molecule has 2 fully saturated rings. The maximum Gasteiger partial charge on any atom is 0.225 e. The van der Waals surface area contributed by atoms with Gasteiger partial charge in [0.1, 0.15) is 0 Å². The third-order valence-corrected chi connectivity index (χ3v) is 5.57. The van der Waals surface area contributed by atoms with Gasteiger partial charge in [0.25, 0.3) is 0 Å². The van der Waals surface area contributed by atoms with Gasteiger partial charge < -0.3 is 15.1 Å². The number of rotatable bonds is 7. The van der Waals surface area contributed by atoms with Crippen LogP contribution in [0.15, 0.2) is 24.3 Å². The molecule has 5 nitrogen and oxygen atoms in total. The van der Waals surface area contributed by atoms with Crippen molar-refractivity contribution in [2.75, 3.05) is 40.3 Å². The molecule has 2 amide bonds. The van der Waals surface area contributed by atoms with Gasteiger partial charge in [-0.25, -0.2) is 0 Å². The fourth-order valence-corrected chi connectivity index (χ4v) is 3.53. The van der Waals surface area contributed by atoms with Gasteiger partial charge in [-0.1, -0.05) is 23.7 Å². The number of nitrogens with zero attached hydrogens (tertiary/aromatic N) is 2. The molecular weight excluding hydrogens is 338 g/mol. The highest BCUT2D eigenvalue weighted by Gasteiger charge is 2.45. The molecule has 1 aliphatic carbocycles. The molecule has 1 atom stereocenters. The first kappa shape index (κ1) is 18.2. The Kier molecular flexibility index (Phi) is 5.35. The highest BCUT2D eigenvalue weighted by Crippen LogP contribution is 2.47. The summed E-state index contributed by atoms with van der Waals surface area (Å²) in [5, 5.41) is 3.81. The van der Waals surface area contributed by atoms with Gasteiger partial charge in [0.15, 0.2) is 0 Å². The predicted molar refractivity (Wildman–Crippen MR) is 98.6 cm³/mol. The fraction of sp³-hybridized carbons (Fsp3) is 0.579. The highest BCUT2D eigenvalue weighted by atomic mass is 35.5. The molecule has 1 aliphatic heterocycles. The van der Waals surface area contributed by atoms with Crippen LogP contribution in [0, 0.1) is 5.92 Å². The average Bonchev–Trinajstić information content (AvgIpc) is 3.28. The van der Waals surface area contributed by atoms with Gasteiger partial charge in [-0.2, -0.15) is 0 Å². The van der Waals surface area contributed by atoms with Crippen LogP contribution >= 0.6 is 11.6 Å². The first-order valence-electron chi connectivity index (χ1n) is 8.86. The van der Waals surface area contributed by atoms with Crippen LogP contribution in [0.25, 0.3) is 0 Å². The Hall–Kier alpha value is -1.59. The SMILES string of the molecule is CN(C)CCN1C[C@@H](C(=O)NCC2(c3ccc(Cl)cc3)CC2)CC1=O. The molecule has 0 aromatic heterocycles. The molecule has 2 aliphatic rings. The maximum absolute atomic E-state index is 12.5. The van der Waals surface area contributed by atoms with Crippen molar-refractivity contribution >= 4 is 23.4 Å². The van der Waals surface area contributed by atoms with Crippen molar-refractivity contribution in [2.24, 2.45) is 5.92 Å². The molecule has 1 heterocycles. The Labute approximate surface area is 154 Å². The zero-order valence-electron chi connectivity index (χ0n) is 14.9. The number of nitrogens with one attached hydrogen (secondary N) is 1. The third-order valence-electron chi connectivity index (χ3n) is 5.31. The van der Waals surface area contributed by atoms with Crippen LogP contribution in [0.4, 0.5) is 0 Å². The predicted octanol–water partition coefficient (Wildman–Crippen LogP) is 1.90.